The molecule has 1 heterocycles. The fourth-order valence-corrected chi connectivity index (χ4v) is 3.11. The van der Waals surface area contributed by atoms with Crippen LogP contribution in [0.5, 0.6) is 5.75 Å². The molecule has 3 rings (SSSR count). The predicted molar refractivity (Wildman–Crippen MR) is 119 cm³/mol. The Labute approximate surface area is 194 Å². The van der Waals surface area contributed by atoms with Crippen LogP contribution in [0.15, 0.2) is 54.6 Å². The van der Waals surface area contributed by atoms with Crippen LogP contribution in [0.25, 0.3) is 16.7 Å². The molecule has 0 radical (unpaired) electrons. The van der Waals surface area contributed by atoms with E-state index in [0.717, 1.165) is 12.1 Å². The van der Waals surface area contributed by atoms with Crippen molar-refractivity contribution in [2.75, 3.05) is 0 Å². The van der Waals surface area contributed by atoms with Crippen LogP contribution in [0, 0.1) is 5.41 Å². The highest BCUT2D eigenvalue weighted by molar-refractivity contribution is 5.87. The van der Waals surface area contributed by atoms with Crippen molar-refractivity contribution in [2.45, 2.75) is 52.7 Å². The molecule has 0 saturated carbocycles. The van der Waals surface area contributed by atoms with Crippen LogP contribution in [-0.2, 0) is 15.7 Å². The van der Waals surface area contributed by atoms with Crippen molar-refractivity contribution < 1.29 is 32.5 Å². The summed E-state index contributed by atoms with van der Waals surface area (Å²) >= 11 is 0. The fraction of sp³-hybridized carbons (Fsp3) is 0.375. The second-order valence-electron chi connectivity index (χ2n) is 9.19. The monoisotopic (exact) mass is 477 g/mol. The first-order chi connectivity index (χ1) is 15.7. The van der Waals surface area contributed by atoms with E-state index in [2.05, 4.69) is 16.8 Å². The molecule has 2 aromatic carbocycles. The van der Waals surface area contributed by atoms with E-state index in [4.69, 9.17) is 9.47 Å². The lowest BCUT2D eigenvalue weighted by atomic mass is 9.89. The summed E-state index contributed by atoms with van der Waals surface area (Å²) in [6.07, 6.45) is -6.52. The summed E-state index contributed by atoms with van der Waals surface area (Å²) in [5.41, 5.74) is -0.00175. The van der Waals surface area contributed by atoms with E-state index < -0.39 is 30.1 Å². The second kappa shape index (κ2) is 9.46. The summed E-state index contributed by atoms with van der Waals surface area (Å²) in [5, 5.41) is 18.9. The minimum absolute atomic E-state index is 0.104. The topological polar surface area (TPSA) is 86.5 Å². The largest absolute Gasteiger partial charge is 0.452 e. The van der Waals surface area contributed by atoms with Crippen molar-refractivity contribution in [3.63, 3.8) is 0 Å². The Morgan fingerprint density at radius 2 is 1.71 bits per heavy atom. The highest BCUT2D eigenvalue weighted by Crippen LogP contribution is 2.31. The van der Waals surface area contributed by atoms with Crippen LogP contribution < -0.4 is 4.74 Å². The first kappa shape index (κ1) is 25.2. The molecule has 10 heteroatoms. The zero-order valence-electron chi connectivity index (χ0n) is 19.3. The summed E-state index contributed by atoms with van der Waals surface area (Å²) < 4.78 is 49.8. The highest BCUT2D eigenvalue weighted by Gasteiger charge is 2.31. The van der Waals surface area contributed by atoms with Crippen LogP contribution in [0.2, 0.25) is 0 Å². The summed E-state index contributed by atoms with van der Waals surface area (Å²) in [7, 11) is 0. The van der Waals surface area contributed by atoms with E-state index in [-0.39, 0.29) is 16.5 Å². The van der Waals surface area contributed by atoms with Crippen molar-refractivity contribution in [1.82, 2.24) is 15.0 Å². The molecule has 0 spiro atoms. The third-order valence-electron chi connectivity index (χ3n) is 4.73. The van der Waals surface area contributed by atoms with Gasteiger partial charge >= 0.3 is 12.1 Å². The zero-order valence-corrected chi connectivity index (χ0v) is 19.3. The smallest absolute Gasteiger partial charge is 0.416 e. The number of ether oxygens (including phenoxy) is 2. The summed E-state index contributed by atoms with van der Waals surface area (Å²) in [6, 6.07) is 9.43. The van der Waals surface area contributed by atoms with Crippen molar-refractivity contribution in [3.8, 4) is 11.4 Å². The van der Waals surface area contributed by atoms with Gasteiger partial charge in [-0.05, 0) is 61.2 Å². The van der Waals surface area contributed by atoms with Gasteiger partial charge in [-0.1, -0.05) is 27.4 Å². The van der Waals surface area contributed by atoms with Crippen LogP contribution in [0.3, 0.4) is 0 Å². The van der Waals surface area contributed by atoms with Crippen molar-refractivity contribution in [3.05, 3.63) is 60.2 Å². The van der Waals surface area contributed by atoms with E-state index in [0.29, 0.717) is 23.4 Å². The average Bonchev–Trinajstić information content (AvgIpc) is 3.15. The Kier molecular flexibility index (Phi) is 7.02. The maximum Gasteiger partial charge on any atom is 0.416 e. The minimum atomic E-state index is -4.47. The molecular weight excluding hydrogens is 451 g/mol. The van der Waals surface area contributed by atoms with Gasteiger partial charge in [0.15, 0.2) is 0 Å². The fourth-order valence-electron chi connectivity index (χ4n) is 3.11. The van der Waals surface area contributed by atoms with Gasteiger partial charge in [0.2, 0.25) is 0 Å². The Bertz CT molecular complexity index is 1180. The molecule has 0 bridgehead atoms. The molecule has 1 N–H and O–H groups in total. The van der Waals surface area contributed by atoms with E-state index in [1.165, 1.54) is 17.8 Å². The average molecular weight is 477 g/mol. The van der Waals surface area contributed by atoms with Crippen LogP contribution >= 0.6 is 0 Å². The van der Waals surface area contributed by atoms with E-state index in [9.17, 15) is 23.1 Å². The Hall–Kier alpha value is -3.40. The van der Waals surface area contributed by atoms with Crippen LogP contribution in [-0.4, -0.2) is 38.5 Å². The number of aliphatic hydroxyl groups is 1. The Morgan fingerprint density at radius 1 is 1.09 bits per heavy atom. The third-order valence-corrected chi connectivity index (χ3v) is 4.73. The molecule has 34 heavy (non-hydrogen) atoms. The lowest BCUT2D eigenvalue weighted by Crippen LogP contribution is -2.38. The number of hydrogen-bond donors (Lipinski definition) is 1. The van der Waals surface area contributed by atoms with Crippen molar-refractivity contribution in [2.24, 2.45) is 5.41 Å². The van der Waals surface area contributed by atoms with Gasteiger partial charge in [-0.15, -0.1) is 10.2 Å². The Balaban J connectivity index is 1.81. The normalized spacial score (nSPS) is 14.0. The molecule has 0 fully saturated rings. The lowest BCUT2D eigenvalue weighted by Gasteiger charge is -2.28. The van der Waals surface area contributed by atoms with Crippen molar-refractivity contribution in [1.29, 1.82) is 0 Å². The summed E-state index contributed by atoms with van der Waals surface area (Å²) in [6.45, 7) is 10.8. The van der Waals surface area contributed by atoms with Gasteiger partial charge < -0.3 is 14.6 Å². The second-order valence-corrected chi connectivity index (χ2v) is 9.19. The molecule has 2 atom stereocenters. The maximum atomic E-state index is 12.9. The minimum Gasteiger partial charge on any atom is -0.452 e. The van der Waals surface area contributed by atoms with Crippen LogP contribution in [0.1, 0.15) is 39.7 Å². The lowest BCUT2D eigenvalue weighted by molar-refractivity contribution is -0.178. The first-order valence-corrected chi connectivity index (χ1v) is 10.5. The highest BCUT2D eigenvalue weighted by atomic mass is 19.4. The quantitative estimate of drug-likeness (QED) is 0.291. The number of benzene rings is 2. The standard InChI is InChI=1S/C24H26F3N3O4/c1-14(2)21(32)34-22(20(31)13-23(3,4)5)33-17-9-7-16(8-10-17)30-28-18-11-6-15(24(25,26)27)12-19(18)29-30/h6-12,20,22,31H,1,13H2,2-5H3. The number of hydrogen-bond acceptors (Lipinski definition) is 6. The molecule has 0 saturated heterocycles. The van der Waals surface area contributed by atoms with E-state index in [1.54, 1.807) is 24.3 Å². The Morgan fingerprint density at radius 3 is 2.26 bits per heavy atom. The number of fused-ring (bicyclic) bond motifs is 1. The molecule has 1 aromatic heterocycles. The summed E-state index contributed by atoms with van der Waals surface area (Å²) in [4.78, 5) is 13.2. The SMILES string of the molecule is C=C(C)C(=O)OC(Oc1ccc(-n2nc3ccc(C(F)(F)F)cc3n2)cc1)C(O)CC(C)(C)C. The first-order valence-electron chi connectivity index (χ1n) is 10.5. The van der Waals surface area contributed by atoms with Crippen LogP contribution in [0.4, 0.5) is 13.2 Å². The number of rotatable bonds is 7. The molecule has 0 aliphatic heterocycles. The summed E-state index contributed by atoms with van der Waals surface area (Å²) in [5.74, 6) is -0.396. The number of aromatic nitrogens is 3. The number of carbonyl (C=O) groups excluding carboxylic acids is 1. The van der Waals surface area contributed by atoms with Gasteiger partial charge in [-0.3, -0.25) is 0 Å². The number of halogens is 3. The molecule has 2 unspecified atom stereocenters. The number of nitrogens with zero attached hydrogens (tertiary/aromatic N) is 3. The molecule has 0 amide bonds. The number of esters is 1. The van der Waals surface area contributed by atoms with Gasteiger partial charge in [-0.25, -0.2) is 4.79 Å². The number of carbonyl (C=O) groups is 1. The zero-order chi connectivity index (χ0) is 25.3. The molecule has 3 aromatic rings. The molecule has 0 aliphatic rings. The van der Waals surface area contributed by atoms with E-state index in [1.807, 2.05) is 20.8 Å². The van der Waals surface area contributed by atoms with E-state index >= 15 is 0 Å². The van der Waals surface area contributed by atoms with Crippen molar-refractivity contribution >= 4 is 17.0 Å². The molecule has 0 aliphatic carbocycles. The van der Waals surface area contributed by atoms with Gasteiger partial charge in [0.05, 0.1) is 11.3 Å². The van der Waals surface area contributed by atoms with Gasteiger partial charge in [0.25, 0.3) is 6.29 Å². The molecule has 7 nitrogen and oxygen atoms in total. The maximum absolute atomic E-state index is 12.9. The van der Waals surface area contributed by atoms with Gasteiger partial charge in [0, 0.05) is 5.57 Å². The molecular formula is C24H26F3N3O4. The van der Waals surface area contributed by atoms with Gasteiger partial charge in [0.1, 0.15) is 22.9 Å². The van der Waals surface area contributed by atoms with Gasteiger partial charge in [-0.2, -0.15) is 18.0 Å². The third kappa shape index (κ3) is 6.34. The number of aliphatic hydroxyl groups excluding tert-OH is 1. The number of alkyl halides is 3. The molecule has 182 valence electrons. The predicted octanol–water partition coefficient (Wildman–Crippen LogP) is 5.06.